The summed E-state index contributed by atoms with van der Waals surface area (Å²) in [5, 5.41) is 0. The Bertz CT molecular complexity index is 241. The summed E-state index contributed by atoms with van der Waals surface area (Å²) in [7, 11) is 0. The van der Waals surface area contributed by atoms with Crippen LogP contribution in [0.15, 0.2) is 0 Å². The molecule has 0 saturated heterocycles. The van der Waals surface area contributed by atoms with Crippen LogP contribution in [0.1, 0.15) is 111 Å². The predicted octanol–water partition coefficient (Wildman–Crippen LogP) is 6.70. The highest BCUT2D eigenvalue weighted by atomic mass is 14.6. The molecule has 1 aliphatic rings. The molecule has 2 N–H and O–H groups in total. The van der Waals surface area contributed by atoms with E-state index in [4.69, 9.17) is 5.73 Å². The Labute approximate surface area is 140 Å². The van der Waals surface area contributed by atoms with Gasteiger partial charge in [-0.15, -0.1) is 0 Å². The zero-order valence-electron chi connectivity index (χ0n) is 15.8. The fraction of sp³-hybridized carbons (Fsp3) is 1.00. The maximum Gasteiger partial charge on any atom is -0.00489 e. The second-order valence-electron chi connectivity index (χ2n) is 8.23. The van der Waals surface area contributed by atoms with Crippen LogP contribution in [-0.4, -0.2) is 6.54 Å². The van der Waals surface area contributed by atoms with Gasteiger partial charge in [-0.2, -0.15) is 0 Å². The monoisotopic (exact) mass is 309 g/mol. The van der Waals surface area contributed by atoms with Crippen LogP contribution in [0, 0.1) is 17.3 Å². The lowest BCUT2D eigenvalue weighted by atomic mass is 9.63. The summed E-state index contributed by atoms with van der Waals surface area (Å²) in [6, 6.07) is 0. The van der Waals surface area contributed by atoms with Crippen molar-refractivity contribution in [2.75, 3.05) is 6.54 Å². The molecule has 0 radical (unpaired) electrons. The lowest BCUT2D eigenvalue weighted by Gasteiger charge is -2.42. The Morgan fingerprint density at radius 3 is 1.68 bits per heavy atom. The van der Waals surface area contributed by atoms with Crippen LogP contribution in [0.25, 0.3) is 0 Å². The molecule has 132 valence electrons. The molecule has 0 amide bonds. The first-order chi connectivity index (χ1) is 10.7. The summed E-state index contributed by atoms with van der Waals surface area (Å²) in [6.45, 7) is 8.17. The normalized spacial score (nSPS) is 22.9. The topological polar surface area (TPSA) is 26.0 Å². The molecule has 0 atom stereocenters. The minimum atomic E-state index is 0.612. The number of hydrogen-bond donors (Lipinski definition) is 1. The molecular weight excluding hydrogens is 266 g/mol. The summed E-state index contributed by atoms with van der Waals surface area (Å²) in [5.74, 6) is 1.79. The first kappa shape index (κ1) is 20.0. The third-order valence-electron chi connectivity index (χ3n) is 6.37. The molecule has 1 saturated carbocycles. The van der Waals surface area contributed by atoms with Gasteiger partial charge < -0.3 is 5.73 Å². The van der Waals surface area contributed by atoms with Crippen molar-refractivity contribution in [3.05, 3.63) is 0 Å². The van der Waals surface area contributed by atoms with E-state index in [1.807, 2.05) is 0 Å². The molecular formula is C21H43N. The highest BCUT2D eigenvalue weighted by Crippen LogP contribution is 2.46. The highest BCUT2D eigenvalue weighted by molar-refractivity contribution is 4.86. The molecule has 1 nitrogen and oxygen atoms in total. The molecule has 0 aromatic carbocycles. The number of unbranched alkanes of at least 4 members (excludes halogenated alkanes) is 6. The summed E-state index contributed by atoms with van der Waals surface area (Å²) < 4.78 is 0. The fourth-order valence-corrected chi connectivity index (χ4v) is 4.54. The molecule has 1 aliphatic carbocycles. The van der Waals surface area contributed by atoms with Crippen LogP contribution in [-0.2, 0) is 0 Å². The van der Waals surface area contributed by atoms with E-state index in [0.29, 0.717) is 5.41 Å². The third kappa shape index (κ3) is 7.02. The van der Waals surface area contributed by atoms with Crippen LogP contribution >= 0.6 is 0 Å². The van der Waals surface area contributed by atoms with Gasteiger partial charge in [-0.05, 0) is 62.3 Å². The SMILES string of the molecule is CCCCCCC(C)(CCCCCC)C1CCC(CN)CC1. The molecule has 1 heteroatoms. The lowest BCUT2D eigenvalue weighted by Crippen LogP contribution is -2.32. The van der Waals surface area contributed by atoms with Crippen molar-refractivity contribution in [3.8, 4) is 0 Å². The predicted molar refractivity (Wildman–Crippen MR) is 100 cm³/mol. The Balaban J connectivity index is 2.48. The summed E-state index contributed by atoms with van der Waals surface area (Å²) in [6.07, 6.45) is 20.0. The maximum absolute atomic E-state index is 5.88. The average Bonchev–Trinajstić information content (AvgIpc) is 2.56. The molecule has 0 aromatic heterocycles. The van der Waals surface area contributed by atoms with Crippen molar-refractivity contribution in [2.45, 2.75) is 111 Å². The van der Waals surface area contributed by atoms with Gasteiger partial charge in [0.15, 0.2) is 0 Å². The molecule has 0 aliphatic heterocycles. The van der Waals surface area contributed by atoms with Gasteiger partial charge in [0.25, 0.3) is 0 Å². The van der Waals surface area contributed by atoms with Crippen LogP contribution in [0.2, 0.25) is 0 Å². The second-order valence-corrected chi connectivity index (χ2v) is 8.23. The largest absolute Gasteiger partial charge is 0.330 e. The van der Waals surface area contributed by atoms with Gasteiger partial charge in [0.2, 0.25) is 0 Å². The van der Waals surface area contributed by atoms with Crippen molar-refractivity contribution < 1.29 is 0 Å². The molecule has 0 heterocycles. The van der Waals surface area contributed by atoms with Gasteiger partial charge in [0, 0.05) is 0 Å². The van der Waals surface area contributed by atoms with E-state index >= 15 is 0 Å². The van der Waals surface area contributed by atoms with Crippen LogP contribution in [0.5, 0.6) is 0 Å². The van der Waals surface area contributed by atoms with Gasteiger partial charge >= 0.3 is 0 Å². The van der Waals surface area contributed by atoms with Crippen molar-refractivity contribution in [3.63, 3.8) is 0 Å². The summed E-state index contributed by atoms with van der Waals surface area (Å²) in [4.78, 5) is 0. The van der Waals surface area contributed by atoms with Gasteiger partial charge in [0.1, 0.15) is 0 Å². The lowest BCUT2D eigenvalue weighted by molar-refractivity contribution is 0.0902. The molecule has 0 spiro atoms. The van der Waals surface area contributed by atoms with E-state index in [1.165, 1.54) is 89.9 Å². The zero-order valence-corrected chi connectivity index (χ0v) is 15.8. The molecule has 1 fully saturated rings. The number of nitrogens with two attached hydrogens (primary N) is 1. The van der Waals surface area contributed by atoms with Crippen LogP contribution < -0.4 is 5.73 Å². The van der Waals surface area contributed by atoms with Crippen molar-refractivity contribution in [1.29, 1.82) is 0 Å². The highest BCUT2D eigenvalue weighted by Gasteiger charge is 2.35. The van der Waals surface area contributed by atoms with E-state index < -0.39 is 0 Å². The Kier molecular flexibility index (Phi) is 10.4. The van der Waals surface area contributed by atoms with Gasteiger partial charge in [-0.25, -0.2) is 0 Å². The molecule has 1 rings (SSSR count). The zero-order chi connectivity index (χ0) is 16.3. The van der Waals surface area contributed by atoms with E-state index in [0.717, 1.165) is 18.4 Å². The molecule has 22 heavy (non-hydrogen) atoms. The average molecular weight is 310 g/mol. The minimum Gasteiger partial charge on any atom is -0.330 e. The first-order valence-corrected chi connectivity index (χ1v) is 10.4. The first-order valence-electron chi connectivity index (χ1n) is 10.4. The second kappa shape index (κ2) is 11.5. The molecule has 0 aromatic rings. The van der Waals surface area contributed by atoms with E-state index in [9.17, 15) is 0 Å². The Morgan fingerprint density at radius 2 is 1.27 bits per heavy atom. The number of rotatable bonds is 12. The standard InChI is InChI=1S/C21H43N/c1-4-6-8-10-16-21(3,17-11-9-7-5-2)20-14-12-19(18-22)13-15-20/h19-20H,4-18,22H2,1-3H3. The van der Waals surface area contributed by atoms with E-state index in [-0.39, 0.29) is 0 Å². The Morgan fingerprint density at radius 1 is 0.773 bits per heavy atom. The summed E-state index contributed by atoms with van der Waals surface area (Å²) in [5.41, 5.74) is 6.50. The van der Waals surface area contributed by atoms with Crippen molar-refractivity contribution in [2.24, 2.45) is 23.0 Å². The molecule has 0 bridgehead atoms. The van der Waals surface area contributed by atoms with Crippen molar-refractivity contribution >= 4 is 0 Å². The van der Waals surface area contributed by atoms with Crippen LogP contribution in [0.4, 0.5) is 0 Å². The van der Waals surface area contributed by atoms with E-state index in [1.54, 1.807) is 0 Å². The van der Waals surface area contributed by atoms with Crippen LogP contribution in [0.3, 0.4) is 0 Å². The minimum absolute atomic E-state index is 0.612. The van der Waals surface area contributed by atoms with Gasteiger partial charge in [-0.1, -0.05) is 72.1 Å². The van der Waals surface area contributed by atoms with Crippen molar-refractivity contribution in [1.82, 2.24) is 0 Å². The maximum atomic E-state index is 5.88. The van der Waals surface area contributed by atoms with E-state index in [2.05, 4.69) is 20.8 Å². The Hall–Kier alpha value is -0.0400. The quantitative estimate of drug-likeness (QED) is 0.399. The van der Waals surface area contributed by atoms with Gasteiger partial charge in [-0.3, -0.25) is 0 Å². The molecule has 0 unspecified atom stereocenters. The smallest absolute Gasteiger partial charge is 0.00489 e. The fourth-order valence-electron chi connectivity index (χ4n) is 4.54. The summed E-state index contributed by atoms with van der Waals surface area (Å²) >= 11 is 0. The third-order valence-corrected chi connectivity index (χ3v) is 6.37. The van der Waals surface area contributed by atoms with Gasteiger partial charge in [0.05, 0.1) is 0 Å². The number of hydrogen-bond acceptors (Lipinski definition) is 1.